The number of halogens is 1. The Morgan fingerprint density at radius 3 is 2.55 bits per heavy atom. The average Bonchev–Trinajstić information content (AvgIpc) is 1.98. The van der Waals surface area contributed by atoms with Gasteiger partial charge in [-0.05, 0) is 6.42 Å². The van der Waals surface area contributed by atoms with Crippen LogP contribution in [0.5, 0.6) is 0 Å². The lowest BCUT2D eigenvalue weighted by atomic mass is 10.1. The molecule has 3 nitrogen and oxygen atoms in total. The third-order valence-electron chi connectivity index (χ3n) is 1.12. The number of aliphatic carboxylic acids is 1. The molecule has 0 aromatic carbocycles. The van der Waals surface area contributed by atoms with Crippen LogP contribution in [0.25, 0.3) is 0 Å². The van der Waals surface area contributed by atoms with Crippen molar-refractivity contribution in [1.29, 1.82) is 5.26 Å². The molecule has 0 rings (SSSR count). The van der Waals surface area contributed by atoms with Crippen LogP contribution in [0.4, 0.5) is 0 Å². The fourth-order valence-electron chi connectivity index (χ4n) is 0.628. The maximum Gasteiger partial charge on any atom is 0.333 e. The zero-order valence-corrected chi connectivity index (χ0v) is 6.85. The summed E-state index contributed by atoms with van der Waals surface area (Å²) in [7, 11) is 0. The van der Waals surface area contributed by atoms with Crippen molar-refractivity contribution >= 4 is 17.6 Å². The Morgan fingerprint density at radius 1 is 1.73 bits per heavy atom. The summed E-state index contributed by atoms with van der Waals surface area (Å²) in [5, 5.41) is 16.6. The minimum atomic E-state index is -1.11. The highest BCUT2D eigenvalue weighted by atomic mass is 35.5. The van der Waals surface area contributed by atoms with E-state index in [9.17, 15) is 4.79 Å². The van der Waals surface area contributed by atoms with E-state index in [2.05, 4.69) is 0 Å². The largest absolute Gasteiger partial charge is 0.478 e. The lowest BCUT2D eigenvalue weighted by molar-refractivity contribution is -0.132. The van der Waals surface area contributed by atoms with Crippen LogP contribution in [0.15, 0.2) is 10.6 Å². The molecule has 0 aromatic rings. The van der Waals surface area contributed by atoms with Crippen molar-refractivity contribution in [3.8, 4) is 6.07 Å². The van der Waals surface area contributed by atoms with Gasteiger partial charge in [0.25, 0.3) is 0 Å². The first-order chi connectivity index (χ1) is 5.13. The molecule has 1 N–H and O–H groups in total. The van der Waals surface area contributed by atoms with Crippen LogP contribution in [0, 0.1) is 11.3 Å². The summed E-state index contributed by atoms with van der Waals surface area (Å²) in [5.41, 5.74) is -0.00309. The van der Waals surface area contributed by atoms with Gasteiger partial charge in [-0.25, -0.2) is 4.79 Å². The van der Waals surface area contributed by atoms with Gasteiger partial charge in [-0.3, -0.25) is 0 Å². The van der Waals surface area contributed by atoms with Gasteiger partial charge in [0.05, 0.1) is 5.57 Å². The first-order valence-corrected chi connectivity index (χ1v) is 3.53. The monoisotopic (exact) mass is 173 g/mol. The molecular weight excluding hydrogens is 166 g/mol. The van der Waals surface area contributed by atoms with E-state index < -0.39 is 5.97 Å². The Hall–Kier alpha value is -1.01. The Morgan fingerprint density at radius 2 is 2.27 bits per heavy atom. The molecule has 0 heterocycles. The number of nitrogens with zero attached hydrogens (tertiary/aromatic N) is 1. The maximum absolute atomic E-state index is 10.4. The summed E-state index contributed by atoms with van der Waals surface area (Å²) in [6.45, 7) is 1.82. The van der Waals surface area contributed by atoms with Crippen LogP contribution in [-0.4, -0.2) is 11.1 Å². The van der Waals surface area contributed by atoms with Gasteiger partial charge >= 0.3 is 5.97 Å². The van der Waals surface area contributed by atoms with E-state index >= 15 is 0 Å². The Bertz CT molecular complexity index is 227. The molecule has 11 heavy (non-hydrogen) atoms. The molecule has 0 aromatic heterocycles. The standard InChI is InChI=1S/C7H8ClNO2/c1-2-3-5(7(10)11)6(8)4-9/h2-3H2,1H3,(H,10,11). The third kappa shape index (κ3) is 3.06. The summed E-state index contributed by atoms with van der Waals surface area (Å²) in [4.78, 5) is 10.4. The number of hydrogen-bond acceptors (Lipinski definition) is 2. The summed E-state index contributed by atoms with van der Waals surface area (Å²) in [6.07, 6.45) is 1.00. The number of rotatable bonds is 3. The van der Waals surface area contributed by atoms with Gasteiger partial charge in [0.1, 0.15) is 11.1 Å². The van der Waals surface area contributed by atoms with Crippen LogP contribution in [0.3, 0.4) is 0 Å². The Balaban J connectivity index is 4.61. The van der Waals surface area contributed by atoms with E-state index in [-0.39, 0.29) is 10.6 Å². The second kappa shape index (κ2) is 4.75. The second-order valence-electron chi connectivity index (χ2n) is 1.96. The van der Waals surface area contributed by atoms with Crippen molar-refractivity contribution in [3.63, 3.8) is 0 Å². The van der Waals surface area contributed by atoms with E-state index in [4.69, 9.17) is 22.0 Å². The fraction of sp³-hybridized carbons (Fsp3) is 0.429. The molecule has 0 amide bonds. The second-order valence-corrected chi connectivity index (χ2v) is 2.34. The van der Waals surface area contributed by atoms with Crippen molar-refractivity contribution in [3.05, 3.63) is 10.6 Å². The van der Waals surface area contributed by atoms with Crippen molar-refractivity contribution in [2.75, 3.05) is 0 Å². The zero-order valence-electron chi connectivity index (χ0n) is 6.09. The molecule has 0 unspecified atom stereocenters. The van der Waals surface area contributed by atoms with Crippen molar-refractivity contribution in [2.45, 2.75) is 19.8 Å². The van der Waals surface area contributed by atoms with Gasteiger partial charge in [-0.1, -0.05) is 24.9 Å². The summed E-state index contributed by atoms with van der Waals surface area (Å²) in [5.74, 6) is -1.11. The van der Waals surface area contributed by atoms with Crippen molar-refractivity contribution < 1.29 is 9.90 Å². The maximum atomic E-state index is 10.4. The topological polar surface area (TPSA) is 61.1 Å². The van der Waals surface area contributed by atoms with Gasteiger partial charge < -0.3 is 5.11 Å². The predicted octanol–water partition coefficient (Wildman–Crippen LogP) is 1.89. The summed E-state index contributed by atoms with van der Waals surface area (Å²) < 4.78 is 0. The normalized spacial score (nSPS) is 11.7. The highest BCUT2D eigenvalue weighted by Crippen LogP contribution is 2.13. The molecule has 0 aliphatic carbocycles. The number of carboxylic acids is 1. The molecule has 0 fully saturated rings. The zero-order chi connectivity index (χ0) is 8.85. The van der Waals surface area contributed by atoms with E-state index in [0.717, 1.165) is 0 Å². The number of carboxylic acid groups (broad SMARTS) is 1. The van der Waals surface area contributed by atoms with Gasteiger partial charge in [0.2, 0.25) is 0 Å². The lowest BCUT2D eigenvalue weighted by Gasteiger charge is -1.97. The molecule has 4 heteroatoms. The minimum Gasteiger partial charge on any atom is -0.478 e. The van der Waals surface area contributed by atoms with Gasteiger partial charge in [0.15, 0.2) is 0 Å². The average molecular weight is 174 g/mol. The molecule has 0 saturated carbocycles. The van der Waals surface area contributed by atoms with Crippen LogP contribution in [0.2, 0.25) is 0 Å². The molecule has 0 saturated heterocycles. The highest BCUT2D eigenvalue weighted by molar-refractivity contribution is 6.33. The molecule has 0 radical (unpaired) electrons. The van der Waals surface area contributed by atoms with Crippen molar-refractivity contribution in [1.82, 2.24) is 0 Å². The van der Waals surface area contributed by atoms with Crippen LogP contribution >= 0.6 is 11.6 Å². The summed E-state index contributed by atoms with van der Waals surface area (Å²) in [6, 6.07) is 1.60. The molecule has 0 aliphatic rings. The van der Waals surface area contributed by atoms with Gasteiger partial charge in [0, 0.05) is 0 Å². The number of carbonyl (C=O) groups is 1. The minimum absolute atomic E-state index is 0.00309. The van der Waals surface area contributed by atoms with Crippen LogP contribution < -0.4 is 0 Å². The highest BCUT2D eigenvalue weighted by Gasteiger charge is 2.10. The van der Waals surface area contributed by atoms with Gasteiger partial charge in [-0.2, -0.15) is 5.26 Å². The predicted molar refractivity (Wildman–Crippen MR) is 41.0 cm³/mol. The first-order valence-electron chi connectivity index (χ1n) is 3.15. The fourth-order valence-corrected chi connectivity index (χ4v) is 0.803. The Labute approximate surface area is 69.9 Å². The molecular formula is C7H8ClNO2. The Kier molecular flexibility index (Phi) is 4.32. The smallest absolute Gasteiger partial charge is 0.333 e. The number of allylic oxidation sites excluding steroid dienone is 1. The SMILES string of the molecule is CCCC(C(=O)O)=C(Cl)C#N. The third-order valence-corrected chi connectivity index (χ3v) is 1.43. The molecule has 0 atom stereocenters. The summed E-state index contributed by atoms with van der Waals surface area (Å²) >= 11 is 5.34. The molecule has 0 spiro atoms. The van der Waals surface area contributed by atoms with Crippen LogP contribution in [-0.2, 0) is 4.79 Å². The number of hydrogen-bond donors (Lipinski definition) is 1. The van der Waals surface area contributed by atoms with Gasteiger partial charge in [-0.15, -0.1) is 0 Å². The van der Waals surface area contributed by atoms with Crippen molar-refractivity contribution in [2.24, 2.45) is 0 Å². The first kappa shape index (κ1) is 9.99. The quantitative estimate of drug-likeness (QED) is 0.524. The molecule has 0 bridgehead atoms. The molecule has 0 aliphatic heterocycles. The van der Waals surface area contributed by atoms with E-state index in [1.807, 2.05) is 6.92 Å². The lowest BCUT2D eigenvalue weighted by Crippen LogP contribution is -2.01. The van der Waals surface area contributed by atoms with E-state index in [1.165, 1.54) is 0 Å². The van der Waals surface area contributed by atoms with E-state index in [0.29, 0.717) is 12.8 Å². The van der Waals surface area contributed by atoms with E-state index in [1.54, 1.807) is 6.07 Å². The molecule has 60 valence electrons. The number of nitriles is 1. The van der Waals surface area contributed by atoms with Crippen LogP contribution in [0.1, 0.15) is 19.8 Å².